The lowest BCUT2D eigenvalue weighted by atomic mass is 10.0. The lowest BCUT2D eigenvalue weighted by Crippen LogP contribution is -2.38. The number of hydrogen-bond donors (Lipinski definition) is 1. The molecule has 0 spiro atoms. The predicted octanol–water partition coefficient (Wildman–Crippen LogP) is 2.53. The Labute approximate surface area is 125 Å². The van der Waals surface area contributed by atoms with Crippen molar-refractivity contribution in [2.45, 2.75) is 45.6 Å². The minimum Gasteiger partial charge on any atom is -0.461 e. The molecule has 0 saturated carbocycles. The van der Waals surface area contributed by atoms with Gasteiger partial charge in [-0.3, -0.25) is 0 Å². The quantitative estimate of drug-likeness (QED) is 0.616. The summed E-state index contributed by atoms with van der Waals surface area (Å²) in [6, 6.07) is 1.07. The number of likely N-dealkylation sites (tertiary alicyclic amines) is 1. The average Bonchev–Trinajstić information content (AvgIpc) is 2.94. The third kappa shape index (κ3) is 4.74. The van der Waals surface area contributed by atoms with Gasteiger partial charge in [-0.1, -0.05) is 6.42 Å². The fourth-order valence-corrected chi connectivity index (χ4v) is 2.62. The molecule has 2 rings (SSSR count). The normalized spacial score (nSPS) is 19.4. The molecule has 1 aliphatic rings. The van der Waals surface area contributed by atoms with Gasteiger partial charge >= 0.3 is 5.97 Å². The summed E-state index contributed by atoms with van der Waals surface area (Å²) in [4.78, 5) is 18.0. The van der Waals surface area contributed by atoms with E-state index in [4.69, 9.17) is 9.15 Å². The standard InChI is InChI=1S/C15H25N3O3/c1-3-20-14(19)13-11-21-15(17-13)16-8-6-10-18-9-5-4-7-12(18)2/h11-12H,3-10H2,1-2H3,(H,16,17). The van der Waals surface area contributed by atoms with Crippen molar-refractivity contribution in [2.75, 3.05) is 31.6 Å². The summed E-state index contributed by atoms with van der Waals surface area (Å²) in [5.41, 5.74) is 0.212. The molecule has 1 atom stereocenters. The van der Waals surface area contributed by atoms with Gasteiger partial charge in [-0.05, 0) is 39.7 Å². The van der Waals surface area contributed by atoms with E-state index in [2.05, 4.69) is 22.1 Å². The average molecular weight is 295 g/mol. The smallest absolute Gasteiger partial charge is 0.360 e. The molecule has 6 nitrogen and oxygen atoms in total. The van der Waals surface area contributed by atoms with Gasteiger partial charge < -0.3 is 19.4 Å². The topological polar surface area (TPSA) is 67.6 Å². The number of carbonyl (C=O) groups excluding carboxylic acids is 1. The van der Waals surface area contributed by atoms with Crippen molar-refractivity contribution in [3.05, 3.63) is 12.0 Å². The molecule has 6 heteroatoms. The Kier molecular flexibility index (Phi) is 6.04. The van der Waals surface area contributed by atoms with E-state index in [1.54, 1.807) is 6.92 Å². The van der Waals surface area contributed by atoms with Crippen LogP contribution in [-0.2, 0) is 4.74 Å². The van der Waals surface area contributed by atoms with E-state index >= 15 is 0 Å². The van der Waals surface area contributed by atoms with Crippen molar-refractivity contribution < 1.29 is 13.9 Å². The minimum absolute atomic E-state index is 0.212. The van der Waals surface area contributed by atoms with Gasteiger partial charge in [0.1, 0.15) is 6.26 Å². The molecule has 1 saturated heterocycles. The molecule has 0 bridgehead atoms. The van der Waals surface area contributed by atoms with Crippen LogP contribution in [0.25, 0.3) is 0 Å². The number of rotatable bonds is 7. The highest BCUT2D eigenvalue weighted by atomic mass is 16.5. The van der Waals surface area contributed by atoms with E-state index in [9.17, 15) is 4.79 Å². The summed E-state index contributed by atoms with van der Waals surface area (Å²) in [7, 11) is 0. The number of nitrogens with one attached hydrogen (secondary N) is 1. The Bertz CT molecular complexity index is 447. The molecule has 0 aromatic carbocycles. The number of oxazole rings is 1. The molecule has 1 aliphatic heterocycles. The van der Waals surface area contributed by atoms with Crippen LogP contribution in [0.1, 0.15) is 50.0 Å². The number of nitrogens with zero attached hydrogens (tertiary/aromatic N) is 2. The maximum atomic E-state index is 11.5. The maximum Gasteiger partial charge on any atom is 0.360 e. The van der Waals surface area contributed by atoms with Crippen molar-refractivity contribution in [3.8, 4) is 0 Å². The Morgan fingerprint density at radius 3 is 3.19 bits per heavy atom. The van der Waals surface area contributed by atoms with Gasteiger partial charge in [0.05, 0.1) is 6.61 Å². The molecule has 1 aromatic heterocycles. The summed E-state index contributed by atoms with van der Waals surface area (Å²) in [5, 5.41) is 3.10. The lowest BCUT2D eigenvalue weighted by Gasteiger charge is -2.33. The van der Waals surface area contributed by atoms with Crippen LogP contribution in [0.3, 0.4) is 0 Å². The molecule has 1 aromatic rings. The van der Waals surface area contributed by atoms with E-state index in [0.29, 0.717) is 18.7 Å². The largest absolute Gasteiger partial charge is 0.461 e. The van der Waals surface area contributed by atoms with Crippen molar-refractivity contribution in [3.63, 3.8) is 0 Å². The third-order valence-electron chi connectivity index (χ3n) is 3.83. The molecule has 0 amide bonds. The number of piperidine rings is 1. The van der Waals surface area contributed by atoms with Crippen LogP contribution < -0.4 is 5.32 Å². The van der Waals surface area contributed by atoms with Gasteiger partial charge in [0.2, 0.25) is 0 Å². The van der Waals surface area contributed by atoms with E-state index in [0.717, 1.165) is 19.5 Å². The molecule has 1 N–H and O–H groups in total. The molecule has 0 radical (unpaired) electrons. The van der Waals surface area contributed by atoms with Crippen LogP contribution >= 0.6 is 0 Å². The SMILES string of the molecule is CCOC(=O)c1coc(NCCCN2CCCCC2C)n1. The Morgan fingerprint density at radius 2 is 2.43 bits per heavy atom. The molecule has 1 unspecified atom stereocenters. The first-order valence-electron chi connectivity index (χ1n) is 7.81. The monoisotopic (exact) mass is 295 g/mol. The van der Waals surface area contributed by atoms with Crippen molar-refractivity contribution in [2.24, 2.45) is 0 Å². The van der Waals surface area contributed by atoms with Crippen LogP contribution in [0.4, 0.5) is 6.01 Å². The summed E-state index contributed by atoms with van der Waals surface area (Å²) in [6.45, 7) is 7.46. The first kappa shape index (κ1) is 15.8. The molecule has 2 heterocycles. The summed E-state index contributed by atoms with van der Waals surface area (Å²) in [6.07, 6.45) is 6.31. The molecular weight excluding hydrogens is 270 g/mol. The predicted molar refractivity (Wildman–Crippen MR) is 80.5 cm³/mol. The molecule has 118 valence electrons. The number of esters is 1. The Balaban J connectivity index is 1.67. The van der Waals surface area contributed by atoms with Crippen LogP contribution in [-0.4, -0.2) is 48.1 Å². The summed E-state index contributed by atoms with van der Waals surface area (Å²) >= 11 is 0. The van der Waals surface area contributed by atoms with Gasteiger partial charge in [-0.15, -0.1) is 0 Å². The highest BCUT2D eigenvalue weighted by Gasteiger charge is 2.17. The fraction of sp³-hybridized carbons (Fsp3) is 0.733. The second kappa shape index (κ2) is 8.02. The highest BCUT2D eigenvalue weighted by Crippen LogP contribution is 2.16. The van der Waals surface area contributed by atoms with Gasteiger partial charge in [-0.25, -0.2) is 4.79 Å². The molecular formula is C15H25N3O3. The molecule has 1 fully saturated rings. The lowest BCUT2D eigenvalue weighted by molar-refractivity contribution is 0.0519. The van der Waals surface area contributed by atoms with E-state index in [1.165, 1.54) is 32.1 Å². The van der Waals surface area contributed by atoms with Gasteiger partial charge in [0.15, 0.2) is 5.69 Å². The number of hydrogen-bond acceptors (Lipinski definition) is 6. The molecule has 21 heavy (non-hydrogen) atoms. The first-order chi connectivity index (χ1) is 10.2. The summed E-state index contributed by atoms with van der Waals surface area (Å²) < 4.78 is 10.1. The van der Waals surface area contributed by atoms with Gasteiger partial charge in [0.25, 0.3) is 6.01 Å². The Morgan fingerprint density at radius 1 is 1.57 bits per heavy atom. The zero-order valence-corrected chi connectivity index (χ0v) is 12.9. The zero-order chi connectivity index (χ0) is 15.1. The van der Waals surface area contributed by atoms with E-state index in [-0.39, 0.29) is 5.69 Å². The van der Waals surface area contributed by atoms with Gasteiger partial charge in [0, 0.05) is 19.1 Å². The van der Waals surface area contributed by atoms with Crippen LogP contribution in [0, 0.1) is 0 Å². The van der Waals surface area contributed by atoms with E-state index in [1.807, 2.05) is 0 Å². The highest BCUT2D eigenvalue weighted by molar-refractivity contribution is 5.87. The first-order valence-corrected chi connectivity index (χ1v) is 7.81. The van der Waals surface area contributed by atoms with Crippen molar-refractivity contribution >= 4 is 12.0 Å². The Hall–Kier alpha value is -1.56. The van der Waals surface area contributed by atoms with Crippen LogP contribution in [0.5, 0.6) is 0 Å². The number of anilines is 1. The van der Waals surface area contributed by atoms with Crippen LogP contribution in [0.15, 0.2) is 10.7 Å². The molecule has 0 aliphatic carbocycles. The van der Waals surface area contributed by atoms with Gasteiger partial charge in [-0.2, -0.15) is 4.98 Å². The van der Waals surface area contributed by atoms with Crippen molar-refractivity contribution in [1.82, 2.24) is 9.88 Å². The third-order valence-corrected chi connectivity index (χ3v) is 3.83. The number of aromatic nitrogens is 1. The maximum absolute atomic E-state index is 11.5. The second-order valence-corrected chi connectivity index (χ2v) is 5.42. The van der Waals surface area contributed by atoms with Crippen LogP contribution in [0.2, 0.25) is 0 Å². The second-order valence-electron chi connectivity index (χ2n) is 5.42. The fourth-order valence-electron chi connectivity index (χ4n) is 2.62. The minimum atomic E-state index is -0.448. The zero-order valence-electron chi connectivity index (χ0n) is 12.9. The number of carbonyl (C=O) groups is 1. The van der Waals surface area contributed by atoms with E-state index < -0.39 is 5.97 Å². The summed E-state index contributed by atoms with van der Waals surface area (Å²) in [5.74, 6) is -0.448. The van der Waals surface area contributed by atoms with Crippen molar-refractivity contribution in [1.29, 1.82) is 0 Å². The number of ether oxygens (including phenoxy) is 1.